The topological polar surface area (TPSA) is 121 Å². The molecule has 2 aromatic carbocycles. The van der Waals surface area contributed by atoms with E-state index in [1.165, 1.54) is 42.2 Å². The molecular formula is C21H16ClF5N4O4S. The summed E-state index contributed by atoms with van der Waals surface area (Å²) in [5.41, 5.74) is 11.6. The Hall–Kier alpha value is -3.65. The van der Waals surface area contributed by atoms with Crippen LogP contribution >= 0.6 is 22.9 Å². The maximum Gasteiger partial charge on any atom is 0.573 e. The van der Waals surface area contributed by atoms with E-state index in [4.69, 9.17) is 23.1 Å². The normalized spacial score (nSPS) is 12.3. The van der Waals surface area contributed by atoms with Gasteiger partial charge in [0.25, 0.3) is 0 Å². The first-order valence-corrected chi connectivity index (χ1v) is 11.0. The van der Waals surface area contributed by atoms with E-state index in [0.717, 1.165) is 23.5 Å². The Bertz CT molecular complexity index is 1270. The minimum absolute atomic E-state index is 0.0142. The second-order valence-electron chi connectivity index (χ2n) is 7.05. The molecule has 0 saturated carbocycles. The second kappa shape index (κ2) is 10.5. The zero-order chi connectivity index (χ0) is 26.8. The largest absolute Gasteiger partial charge is 0.573 e. The van der Waals surface area contributed by atoms with Crippen molar-refractivity contribution in [2.24, 2.45) is 5.73 Å². The van der Waals surface area contributed by atoms with Gasteiger partial charge in [0.15, 0.2) is 5.13 Å². The van der Waals surface area contributed by atoms with Gasteiger partial charge in [-0.05, 0) is 49.4 Å². The number of anilines is 3. The van der Waals surface area contributed by atoms with Gasteiger partial charge >= 0.3 is 13.0 Å². The average Bonchev–Trinajstić information content (AvgIpc) is 3.15. The van der Waals surface area contributed by atoms with Crippen molar-refractivity contribution in [2.75, 3.05) is 10.6 Å². The van der Waals surface area contributed by atoms with Gasteiger partial charge in [0.1, 0.15) is 28.2 Å². The van der Waals surface area contributed by atoms with E-state index >= 15 is 0 Å². The zero-order valence-corrected chi connectivity index (χ0v) is 19.6. The Balaban J connectivity index is 1.97. The Labute approximate surface area is 209 Å². The minimum atomic E-state index is -4.98. The standard InChI is InChI=1S/C21H16ClF5N4O4S/c1-9(18(29)33)31(11-4-7-14(13(22)8-11)35-21(25,26)27)20-30-17(28)16(36-20)15(32)10-2-5-12(6-3-10)34-19(23)24/h2-9,19H,28H2,1H3,(H2,29,33)/t9-/m1/s1. The van der Waals surface area contributed by atoms with E-state index in [2.05, 4.69) is 14.5 Å². The molecule has 0 spiro atoms. The summed E-state index contributed by atoms with van der Waals surface area (Å²) in [5, 5.41) is -0.404. The number of nitrogens with zero attached hydrogens (tertiary/aromatic N) is 2. The van der Waals surface area contributed by atoms with E-state index in [1.807, 2.05) is 0 Å². The molecule has 1 atom stereocenters. The molecule has 0 aliphatic heterocycles. The Morgan fingerprint density at radius 2 is 1.78 bits per heavy atom. The van der Waals surface area contributed by atoms with Gasteiger partial charge in [0.2, 0.25) is 11.7 Å². The number of hydrogen-bond acceptors (Lipinski definition) is 8. The molecule has 0 aliphatic rings. The van der Waals surface area contributed by atoms with Crippen molar-refractivity contribution in [3.63, 3.8) is 0 Å². The third kappa shape index (κ3) is 6.31. The number of thiazole rings is 1. The molecule has 0 aliphatic carbocycles. The summed E-state index contributed by atoms with van der Waals surface area (Å²) >= 11 is 6.71. The van der Waals surface area contributed by atoms with E-state index in [9.17, 15) is 31.5 Å². The highest BCUT2D eigenvalue weighted by molar-refractivity contribution is 7.18. The molecule has 0 fully saturated rings. The quantitative estimate of drug-likeness (QED) is 0.280. The van der Waals surface area contributed by atoms with Crippen LogP contribution in [0.2, 0.25) is 5.02 Å². The molecule has 0 unspecified atom stereocenters. The van der Waals surface area contributed by atoms with Gasteiger partial charge in [-0.25, -0.2) is 4.98 Å². The maximum absolute atomic E-state index is 13.0. The molecule has 1 heterocycles. The number of primary amides is 1. The lowest BCUT2D eigenvalue weighted by Gasteiger charge is -2.27. The van der Waals surface area contributed by atoms with Crippen molar-refractivity contribution in [3.05, 3.63) is 57.9 Å². The number of carbonyl (C=O) groups excluding carboxylic acids is 2. The molecule has 15 heteroatoms. The smallest absolute Gasteiger partial charge is 0.435 e. The van der Waals surface area contributed by atoms with E-state index in [0.29, 0.717) is 0 Å². The molecule has 36 heavy (non-hydrogen) atoms. The van der Waals surface area contributed by atoms with Crippen molar-refractivity contribution < 1.29 is 41.0 Å². The fourth-order valence-corrected chi connectivity index (χ4v) is 4.24. The first-order valence-electron chi connectivity index (χ1n) is 9.76. The molecule has 3 rings (SSSR count). The number of halogens is 6. The fourth-order valence-electron chi connectivity index (χ4n) is 2.98. The molecule has 3 aromatic rings. The van der Waals surface area contributed by atoms with Crippen LogP contribution in [0.1, 0.15) is 22.2 Å². The van der Waals surface area contributed by atoms with Crippen LogP contribution in [0.25, 0.3) is 0 Å². The van der Waals surface area contributed by atoms with Gasteiger partial charge in [-0.2, -0.15) is 8.78 Å². The van der Waals surface area contributed by atoms with Crippen molar-refractivity contribution >= 4 is 51.3 Å². The molecule has 192 valence electrons. The SMILES string of the molecule is C[C@H](C(N)=O)N(c1ccc(OC(F)(F)F)c(Cl)c1)c1nc(N)c(C(=O)c2ccc(OC(F)F)cc2)s1. The highest BCUT2D eigenvalue weighted by Gasteiger charge is 2.33. The number of nitrogen functional groups attached to an aromatic ring is 1. The van der Waals surface area contributed by atoms with Gasteiger partial charge in [-0.3, -0.25) is 9.59 Å². The van der Waals surface area contributed by atoms with Crippen LogP contribution in [-0.4, -0.2) is 35.7 Å². The van der Waals surface area contributed by atoms with E-state index in [1.54, 1.807) is 0 Å². The predicted molar refractivity (Wildman–Crippen MR) is 122 cm³/mol. The number of carbonyl (C=O) groups is 2. The summed E-state index contributed by atoms with van der Waals surface area (Å²) in [6.07, 6.45) is -4.98. The minimum Gasteiger partial charge on any atom is -0.435 e. The summed E-state index contributed by atoms with van der Waals surface area (Å²) in [6.45, 7) is -1.64. The number of hydrogen-bond donors (Lipinski definition) is 2. The van der Waals surface area contributed by atoms with E-state index in [-0.39, 0.29) is 32.8 Å². The average molecular weight is 551 g/mol. The first kappa shape index (κ1) is 26.9. The third-order valence-electron chi connectivity index (χ3n) is 4.61. The highest BCUT2D eigenvalue weighted by atomic mass is 35.5. The molecule has 0 radical (unpaired) electrons. The summed E-state index contributed by atoms with van der Waals surface area (Å²) in [6, 6.07) is 6.99. The monoisotopic (exact) mass is 550 g/mol. The highest BCUT2D eigenvalue weighted by Crippen LogP contribution is 2.39. The van der Waals surface area contributed by atoms with Gasteiger partial charge in [-0.1, -0.05) is 22.9 Å². The van der Waals surface area contributed by atoms with Crippen LogP contribution in [0.4, 0.5) is 38.6 Å². The Morgan fingerprint density at radius 1 is 1.14 bits per heavy atom. The number of benzene rings is 2. The van der Waals surface area contributed by atoms with Gasteiger partial charge in [0, 0.05) is 11.3 Å². The molecular weight excluding hydrogens is 535 g/mol. The number of rotatable bonds is 9. The molecule has 4 N–H and O–H groups in total. The number of ether oxygens (including phenoxy) is 2. The van der Waals surface area contributed by atoms with Crippen LogP contribution < -0.4 is 25.8 Å². The Morgan fingerprint density at radius 3 is 2.31 bits per heavy atom. The predicted octanol–water partition coefficient (Wildman–Crippen LogP) is 5.12. The van der Waals surface area contributed by atoms with E-state index < -0.39 is 41.5 Å². The molecule has 1 amide bonds. The lowest BCUT2D eigenvalue weighted by atomic mass is 10.1. The van der Waals surface area contributed by atoms with Crippen LogP contribution in [0, 0.1) is 0 Å². The number of ketones is 1. The van der Waals surface area contributed by atoms with Crippen molar-refractivity contribution in [3.8, 4) is 11.5 Å². The first-order chi connectivity index (χ1) is 16.8. The van der Waals surface area contributed by atoms with Crippen LogP contribution in [0.3, 0.4) is 0 Å². The number of aromatic nitrogens is 1. The van der Waals surface area contributed by atoms with Crippen LogP contribution in [0.15, 0.2) is 42.5 Å². The Kier molecular flexibility index (Phi) is 7.89. The van der Waals surface area contributed by atoms with Gasteiger partial charge < -0.3 is 25.8 Å². The molecule has 1 aromatic heterocycles. The van der Waals surface area contributed by atoms with Crippen molar-refractivity contribution in [2.45, 2.75) is 25.9 Å². The van der Waals surface area contributed by atoms with Gasteiger partial charge in [0.05, 0.1) is 5.02 Å². The second-order valence-corrected chi connectivity index (χ2v) is 8.44. The lowest BCUT2D eigenvalue weighted by molar-refractivity contribution is -0.274. The molecule has 0 saturated heterocycles. The summed E-state index contributed by atoms with van der Waals surface area (Å²) < 4.78 is 70.5. The van der Waals surface area contributed by atoms with Crippen molar-refractivity contribution in [1.29, 1.82) is 0 Å². The fraction of sp³-hybridized carbons (Fsp3) is 0.190. The summed E-state index contributed by atoms with van der Waals surface area (Å²) in [7, 11) is 0. The van der Waals surface area contributed by atoms with Crippen molar-refractivity contribution in [1.82, 2.24) is 4.98 Å². The number of nitrogens with two attached hydrogens (primary N) is 2. The third-order valence-corrected chi connectivity index (χ3v) is 5.98. The van der Waals surface area contributed by atoms with Gasteiger partial charge in [-0.15, -0.1) is 13.2 Å². The maximum atomic E-state index is 13.0. The van der Waals surface area contributed by atoms with Crippen LogP contribution in [-0.2, 0) is 4.79 Å². The number of amides is 1. The zero-order valence-electron chi connectivity index (χ0n) is 18.1. The number of alkyl halides is 5. The van der Waals surface area contributed by atoms with Crippen LogP contribution in [0.5, 0.6) is 11.5 Å². The summed E-state index contributed by atoms with van der Waals surface area (Å²) in [5.74, 6) is -2.46. The molecule has 0 bridgehead atoms. The molecule has 8 nitrogen and oxygen atoms in total. The summed E-state index contributed by atoms with van der Waals surface area (Å²) in [4.78, 5) is 30.2. The lowest BCUT2D eigenvalue weighted by Crippen LogP contribution is -2.40.